The van der Waals surface area contributed by atoms with Gasteiger partial charge in [0.15, 0.2) is 0 Å². The molecule has 0 fully saturated rings. The number of aromatic nitrogens is 4. The van der Waals surface area contributed by atoms with Crippen LogP contribution in [0.1, 0.15) is 11.8 Å². The zero-order valence-corrected chi connectivity index (χ0v) is 13.1. The summed E-state index contributed by atoms with van der Waals surface area (Å²) in [5, 5.41) is 16.1. The number of nitrogens with two attached hydrogens (primary N) is 2. The Kier molecular flexibility index (Phi) is 3.62. The highest BCUT2D eigenvalue weighted by Crippen LogP contribution is 2.22. The second-order valence-electron chi connectivity index (χ2n) is 5.42. The summed E-state index contributed by atoms with van der Waals surface area (Å²) in [7, 11) is 0. The molecule has 8 nitrogen and oxygen atoms in total. The van der Waals surface area contributed by atoms with Gasteiger partial charge < -0.3 is 20.3 Å². The molecule has 4 rings (SSSR count). The molecule has 0 saturated heterocycles. The Bertz CT molecular complexity index is 907. The van der Waals surface area contributed by atoms with Gasteiger partial charge in [0.25, 0.3) is 0 Å². The molecular formula is C17H14N6O2. The average molecular weight is 334 g/mol. The molecule has 0 aliphatic rings. The maximum absolute atomic E-state index is 5.67. The minimum Gasteiger partial charge on any atom is -0.420 e. The van der Waals surface area contributed by atoms with Gasteiger partial charge in [-0.15, -0.1) is 20.4 Å². The Hall–Kier alpha value is -3.68. The molecule has 0 aliphatic heterocycles. The molecule has 124 valence electrons. The molecule has 0 atom stereocenters. The lowest BCUT2D eigenvalue weighted by Crippen LogP contribution is -1.88. The summed E-state index contributed by atoms with van der Waals surface area (Å²) in [6, 6.07) is 14.4. The predicted octanol–water partition coefficient (Wildman–Crippen LogP) is 2.54. The van der Waals surface area contributed by atoms with Crippen molar-refractivity contribution in [1.82, 2.24) is 20.4 Å². The monoisotopic (exact) mass is 334 g/mol. The van der Waals surface area contributed by atoms with E-state index in [9.17, 15) is 0 Å². The van der Waals surface area contributed by atoms with Gasteiger partial charge in [-0.2, -0.15) is 0 Å². The molecule has 0 unspecified atom stereocenters. The lowest BCUT2D eigenvalue weighted by atomic mass is 10.2. The van der Waals surface area contributed by atoms with E-state index < -0.39 is 0 Å². The van der Waals surface area contributed by atoms with Crippen molar-refractivity contribution in [2.75, 3.05) is 11.5 Å². The number of nitrogens with zero attached hydrogens (tertiary/aromatic N) is 4. The van der Waals surface area contributed by atoms with Crippen LogP contribution < -0.4 is 11.5 Å². The van der Waals surface area contributed by atoms with Gasteiger partial charge in [0.2, 0.25) is 23.6 Å². The third-order valence-electron chi connectivity index (χ3n) is 3.55. The zero-order valence-electron chi connectivity index (χ0n) is 13.1. The van der Waals surface area contributed by atoms with E-state index in [0.717, 1.165) is 11.1 Å². The summed E-state index contributed by atoms with van der Waals surface area (Å²) in [6.45, 7) is 0. The standard InChI is InChI=1S/C17H14N6O2/c18-12-5-1-10(2-6-12)16-22-20-14(24-16)9-15-21-23-17(25-15)11-3-7-13(19)8-4-11/h1-8H,9,18-19H2. The molecule has 25 heavy (non-hydrogen) atoms. The highest BCUT2D eigenvalue weighted by Gasteiger charge is 2.14. The summed E-state index contributed by atoms with van der Waals surface area (Å²) in [6.07, 6.45) is 0.254. The highest BCUT2D eigenvalue weighted by atomic mass is 16.4. The van der Waals surface area contributed by atoms with Crippen molar-refractivity contribution in [1.29, 1.82) is 0 Å². The maximum Gasteiger partial charge on any atom is 0.247 e. The fraction of sp³-hybridized carbons (Fsp3) is 0.0588. The Morgan fingerprint density at radius 3 is 1.40 bits per heavy atom. The Balaban J connectivity index is 1.51. The van der Waals surface area contributed by atoms with Crippen LogP contribution in [0.25, 0.3) is 22.9 Å². The van der Waals surface area contributed by atoms with Crippen LogP contribution in [0.4, 0.5) is 11.4 Å². The lowest BCUT2D eigenvalue weighted by Gasteiger charge is -1.95. The first-order valence-corrected chi connectivity index (χ1v) is 7.54. The van der Waals surface area contributed by atoms with Gasteiger partial charge in [-0.05, 0) is 48.5 Å². The number of nitrogen functional groups attached to an aromatic ring is 2. The van der Waals surface area contributed by atoms with E-state index in [2.05, 4.69) is 20.4 Å². The molecule has 0 spiro atoms. The number of benzene rings is 2. The highest BCUT2D eigenvalue weighted by molar-refractivity contribution is 5.57. The largest absolute Gasteiger partial charge is 0.420 e. The molecule has 0 bridgehead atoms. The van der Waals surface area contributed by atoms with E-state index >= 15 is 0 Å². The quantitative estimate of drug-likeness (QED) is 0.544. The summed E-state index contributed by atoms with van der Waals surface area (Å²) in [5.74, 6) is 1.60. The third-order valence-corrected chi connectivity index (χ3v) is 3.55. The van der Waals surface area contributed by atoms with Crippen molar-refractivity contribution in [2.45, 2.75) is 6.42 Å². The smallest absolute Gasteiger partial charge is 0.247 e. The zero-order chi connectivity index (χ0) is 17.2. The number of hydrogen-bond donors (Lipinski definition) is 2. The van der Waals surface area contributed by atoms with Crippen LogP contribution in [0.15, 0.2) is 57.4 Å². The molecular weight excluding hydrogens is 320 g/mol. The summed E-state index contributed by atoms with van der Waals surface area (Å²) in [5.41, 5.74) is 14.3. The van der Waals surface area contributed by atoms with Gasteiger partial charge >= 0.3 is 0 Å². The van der Waals surface area contributed by atoms with E-state index in [0.29, 0.717) is 34.9 Å². The van der Waals surface area contributed by atoms with Crippen LogP contribution in [0.3, 0.4) is 0 Å². The van der Waals surface area contributed by atoms with Crippen molar-refractivity contribution < 1.29 is 8.83 Å². The lowest BCUT2D eigenvalue weighted by molar-refractivity contribution is 0.466. The average Bonchev–Trinajstić information content (AvgIpc) is 3.27. The van der Waals surface area contributed by atoms with E-state index in [4.69, 9.17) is 20.3 Å². The van der Waals surface area contributed by atoms with Crippen molar-refractivity contribution in [3.63, 3.8) is 0 Å². The van der Waals surface area contributed by atoms with E-state index in [1.807, 2.05) is 24.3 Å². The fourth-order valence-corrected chi connectivity index (χ4v) is 2.26. The third kappa shape index (κ3) is 3.18. The number of hydrogen-bond acceptors (Lipinski definition) is 8. The fourth-order valence-electron chi connectivity index (χ4n) is 2.26. The molecule has 2 heterocycles. The van der Waals surface area contributed by atoms with Crippen molar-refractivity contribution in [3.05, 3.63) is 60.3 Å². The van der Waals surface area contributed by atoms with Crippen LogP contribution in [-0.4, -0.2) is 20.4 Å². The van der Waals surface area contributed by atoms with Gasteiger partial charge in [0.05, 0.1) is 0 Å². The maximum atomic E-state index is 5.67. The first-order valence-electron chi connectivity index (χ1n) is 7.54. The Morgan fingerprint density at radius 1 is 0.600 bits per heavy atom. The topological polar surface area (TPSA) is 130 Å². The summed E-state index contributed by atoms with van der Waals surface area (Å²) >= 11 is 0. The molecule has 2 aromatic heterocycles. The van der Waals surface area contributed by atoms with Gasteiger partial charge in [-0.25, -0.2) is 0 Å². The molecule has 0 saturated carbocycles. The van der Waals surface area contributed by atoms with Crippen LogP contribution in [0.5, 0.6) is 0 Å². The minimum absolute atomic E-state index is 0.254. The predicted molar refractivity (Wildman–Crippen MR) is 91.1 cm³/mol. The van der Waals surface area contributed by atoms with Crippen molar-refractivity contribution in [2.24, 2.45) is 0 Å². The van der Waals surface area contributed by atoms with Crippen LogP contribution in [0.2, 0.25) is 0 Å². The van der Waals surface area contributed by atoms with Crippen LogP contribution in [-0.2, 0) is 6.42 Å². The Morgan fingerprint density at radius 2 is 1.00 bits per heavy atom. The summed E-state index contributed by atoms with van der Waals surface area (Å²) < 4.78 is 11.3. The number of rotatable bonds is 4. The van der Waals surface area contributed by atoms with Gasteiger partial charge in [0.1, 0.15) is 6.42 Å². The second-order valence-corrected chi connectivity index (χ2v) is 5.42. The van der Waals surface area contributed by atoms with E-state index in [-0.39, 0.29) is 6.42 Å². The minimum atomic E-state index is 0.254. The second kappa shape index (κ2) is 6.08. The normalized spacial score (nSPS) is 10.9. The SMILES string of the molecule is Nc1ccc(-c2nnc(Cc3nnc(-c4ccc(N)cc4)o3)o2)cc1. The molecule has 2 aromatic carbocycles. The summed E-state index contributed by atoms with van der Waals surface area (Å²) in [4.78, 5) is 0. The first kappa shape index (κ1) is 14.9. The van der Waals surface area contributed by atoms with Crippen molar-refractivity contribution >= 4 is 11.4 Å². The molecule has 4 N–H and O–H groups in total. The molecule has 0 radical (unpaired) electrons. The molecule has 8 heteroatoms. The molecule has 0 aliphatic carbocycles. The van der Waals surface area contributed by atoms with E-state index in [1.165, 1.54) is 0 Å². The van der Waals surface area contributed by atoms with E-state index in [1.54, 1.807) is 24.3 Å². The Labute approximate surface area is 142 Å². The van der Waals surface area contributed by atoms with Crippen LogP contribution in [0, 0.1) is 0 Å². The van der Waals surface area contributed by atoms with Gasteiger partial charge in [0, 0.05) is 22.5 Å². The van der Waals surface area contributed by atoms with Gasteiger partial charge in [-0.3, -0.25) is 0 Å². The van der Waals surface area contributed by atoms with Crippen molar-refractivity contribution in [3.8, 4) is 22.9 Å². The molecule has 0 amide bonds. The van der Waals surface area contributed by atoms with Gasteiger partial charge in [-0.1, -0.05) is 0 Å². The number of anilines is 2. The molecule has 4 aromatic rings. The first-order chi connectivity index (χ1) is 12.2. The van der Waals surface area contributed by atoms with Crippen LogP contribution >= 0.6 is 0 Å².